The topological polar surface area (TPSA) is 140 Å². The predicted octanol–water partition coefficient (Wildman–Crippen LogP) is 3.90. The van der Waals surface area contributed by atoms with Gasteiger partial charge in [-0.15, -0.1) is 5.10 Å². The van der Waals surface area contributed by atoms with Gasteiger partial charge in [0.1, 0.15) is 22.5 Å². The summed E-state index contributed by atoms with van der Waals surface area (Å²) < 4.78 is 55.4. The molecule has 9 nitrogen and oxygen atoms in total. The van der Waals surface area contributed by atoms with Gasteiger partial charge in [-0.25, -0.2) is 22.7 Å². The average Bonchev–Trinajstić information content (AvgIpc) is 3.20. The van der Waals surface area contributed by atoms with Crippen LogP contribution >= 0.6 is 23.2 Å². The van der Waals surface area contributed by atoms with E-state index in [1.807, 2.05) is 0 Å². The molecule has 0 saturated heterocycles. The number of ether oxygens (including phenoxy) is 1. The molecule has 3 aromatic rings. The van der Waals surface area contributed by atoms with Gasteiger partial charge in [0.25, 0.3) is 0 Å². The molecule has 0 saturated carbocycles. The normalized spacial score (nSPS) is 19.6. The minimum absolute atomic E-state index is 0.0289. The van der Waals surface area contributed by atoms with Crippen LogP contribution in [0.15, 0.2) is 38.4 Å². The molecule has 13 heteroatoms. The van der Waals surface area contributed by atoms with Crippen molar-refractivity contribution < 1.29 is 22.0 Å². The molecule has 0 unspecified atom stereocenters. The third-order valence-corrected chi connectivity index (χ3v) is 8.34. The van der Waals surface area contributed by atoms with Crippen LogP contribution in [0.1, 0.15) is 54.8 Å². The van der Waals surface area contributed by atoms with Crippen LogP contribution in [0.3, 0.4) is 0 Å². The van der Waals surface area contributed by atoms with Crippen molar-refractivity contribution in [3.63, 3.8) is 0 Å². The lowest BCUT2D eigenvalue weighted by molar-refractivity contribution is 0.221. The minimum Gasteiger partial charge on any atom is -0.492 e. The number of hydrogen-bond donors (Lipinski definition) is 3. The summed E-state index contributed by atoms with van der Waals surface area (Å²) in [4.78, 5) is 11.5. The number of halogens is 3. The van der Waals surface area contributed by atoms with Gasteiger partial charge in [0.05, 0.1) is 6.61 Å². The summed E-state index contributed by atoms with van der Waals surface area (Å²) in [5, 5.41) is 6.45. The molecule has 1 aliphatic heterocycles. The molecule has 3 atom stereocenters. The van der Waals surface area contributed by atoms with E-state index in [0.717, 1.165) is 0 Å². The van der Waals surface area contributed by atoms with E-state index in [0.29, 0.717) is 22.6 Å². The summed E-state index contributed by atoms with van der Waals surface area (Å²) in [6, 6.07) is 4.00. The first kappa shape index (κ1) is 25.6. The Morgan fingerprint density at radius 1 is 1.26 bits per heavy atom. The van der Waals surface area contributed by atoms with E-state index in [9.17, 15) is 17.6 Å². The monoisotopic (exact) mass is 544 g/mol. The highest BCUT2D eigenvalue weighted by atomic mass is 35.5. The largest absolute Gasteiger partial charge is 0.492 e. The summed E-state index contributed by atoms with van der Waals surface area (Å²) in [6.45, 7) is 5.09. The zero-order chi connectivity index (χ0) is 25.7. The number of sulfonamides is 1. The van der Waals surface area contributed by atoms with Gasteiger partial charge in [0.2, 0.25) is 15.9 Å². The summed E-state index contributed by atoms with van der Waals surface area (Å²) in [7, 11) is -4.36. The Kier molecular flexibility index (Phi) is 6.75. The van der Waals surface area contributed by atoms with Crippen LogP contribution in [-0.2, 0) is 15.6 Å². The first-order valence-corrected chi connectivity index (χ1v) is 12.8. The van der Waals surface area contributed by atoms with Gasteiger partial charge in [-0.3, -0.25) is 0 Å². The van der Waals surface area contributed by atoms with E-state index in [1.165, 1.54) is 24.3 Å². The first-order valence-electron chi connectivity index (χ1n) is 10.6. The van der Waals surface area contributed by atoms with Gasteiger partial charge in [0.15, 0.2) is 0 Å². The summed E-state index contributed by atoms with van der Waals surface area (Å²) in [6.07, 6.45) is 0.433. The Bertz CT molecular complexity index is 1450. The number of benzene rings is 2. The average molecular weight is 545 g/mol. The highest BCUT2D eigenvalue weighted by molar-refractivity contribution is 7.89. The number of hydrogen-bond acceptors (Lipinski definition) is 7. The second-order valence-corrected chi connectivity index (χ2v) is 11.2. The SMILES string of the molecule is Cc1c(Cl)ccc(F)c1[C@@H](C)[C@H](NS(=O)(=O)c1ccc(Cl)c2c1OCC[C@@]2(C)N)c1n[nH]c(=O)o1. The molecule has 4 rings (SSSR count). The molecular formula is C22H23Cl2FN4O5S. The number of aromatic amines is 1. The fourth-order valence-electron chi connectivity index (χ4n) is 4.28. The number of rotatable bonds is 6. The zero-order valence-electron chi connectivity index (χ0n) is 19.0. The van der Waals surface area contributed by atoms with E-state index >= 15 is 0 Å². The molecule has 4 N–H and O–H groups in total. The van der Waals surface area contributed by atoms with Crippen molar-refractivity contribution in [3.05, 3.63) is 73.3 Å². The van der Waals surface area contributed by atoms with Crippen LogP contribution in [0.5, 0.6) is 5.75 Å². The molecule has 0 fully saturated rings. The summed E-state index contributed by atoms with van der Waals surface area (Å²) >= 11 is 12.5. The van der Waals surface area contributed by atoms with Gasteiger partial charge in [0, 0.05) is 33.5 Å². The van der Waals surface area contributed by atoms with E-state index in [2.05, 4.69) is 14.9 Å². The molecule has 1 aliphatic rings. The van der Waals surface area contributed by atoms with Crippen molar-refractivity contribution in [2.24, 2.45) is 5.73 Å². The Labute approximate surface area is 210 Å². The molecule has 2 aromatic carbocycles. The van der Waals surface area contributed by atoms with Crippen LogP contribution in [0.4, 0.5) is 4.39 Å². The molecule has 0 radical (unpaired) electrons. The number of nitrogens with one attached hydrogen (secondary N) is 2. The number of fused-ring (bicyclic) bond motifs is 1. The number of nitrogens with two attached hydrogens (primary N) is 1. The maximum absolute atomic E-state index is 14.9. The van der Waals surface area contributed by atoms with Crippen molar-refractivity contribution in [3.8, 4) is 5.75 Å². The first-order chi connectivity index (χ1) is 16.3. The van der Waals surface area contributed by atoms with Crippen LogP contribution < -0.4 is 20.9 Å². The van der Waals surface area contributed by atoms with Gasteiger partial charge in [-0.1, -0.05) is 30.1 Å². The maximum Gasteiger partial charge on any atom is 0.434 e. The van der Waals surface area contributed by atoms with Crippen LogP contribution in [0, 0.1) is 12.7 Å². The smallest absolute Gasteiger partial charge is 0.434 e. The van der Waals surface area contributed by atoms with Crippen LogP contribution in [0.25, 0.3) is 0 Å². The van der Waals surface area contributed by atoms with Gasteiger partial charge >= 0.3 is 5.76 Å². The Morgan fingerprint density at radius 2 is 1.94 bits per heavy atom. The van der Waals surface area contributed by atoms with E-state index in [1.54, 1.807) is 20.8 Å². The third-order valence-electron chi connectivity index (χ3n) is 6.15. The van der Waals surface area contributed by atoms with Crippen LogP contribution in [0.2, 0.25) is 10.0 Å². The lowest BCUT2D eigenvalue weighted by Gasteiger charge is -2.34. The van der Waals surface area contributed by atoms with Crippen molar-refractivity contribution in [1.29, 1.82) is 0 Å². The summed E-state index contributed by atoms with van der Waals surface area (Å²) in [5.74, 6) is -2.64. The number of aromatic nitrogens is 2. The lowest BCUT2D eigenvalue weighted by atomic mass is 9.87. The van der Waals surface area contributed by atoms with Crippen LogP contribution in [-0.4, -0.2) is 25.2 Å². The molecule has 0 spiro atoms. The molecular weight excluding hydrogens is 522 g/mol. The lowest BCUT2D eigenvalue weighted by Crippen LogP contribution is -2.40. The van der Waals surface area contributed by atoms with Gasteiger partial charge in [-0.05, 0) is 49.2 Å². The van der Waals surface area contributed by atoms with E-state index in [4.69, 9.17) is 38.1 Å². The van der Waals surface area contributed by atoms with Crippen molar-refractivity contribution in [2.75, 3.05) is 6.61 Å². The fourth-order valence-corrected chi connectivity index (χ4v) is 6.23. The molecule has 35 heavy (non-hydrogen) atoms. The quantitative estimate of drug-likeness (QED) is 0.427. The second-order valence-electron chi connectivity index (χ2n) is 8.67. The number of H-pyrrole nitrogens is 1. The highest BCUT2D eigenvalue weighted by Gasteiger charge is 2.39. The van der Waals surface area contributed by atoms with E-state index < -0.39 is 39.1 Å². The molecule has 0 aliphatic carbocycles. The Morgan fingerprint density at radius 3 is 2.60 bits per heavy atom. The molecule has 2 heterocycles. The third kappa shape index (κ3) is 4.70. The molecule has 0 amide bonds. The van der Waals surface area contributed by atoms with Gasteiger partial charge < -0.3 is 14.9 Å². The fraction of sp³-hybridized carbons (Fsp3) is 0.364. The van der Waals surface area contributed by atoms with Crippen molar-refractivity contribution >= 4 is 33.2 Å². The Balaban J connectivity index is 1.84. The second kappa shape index (κ2) is 9.21. The maximum atomic E-state index is 14.9. The van der Waals surface area contributed by atoms with E-state index in [-0.39, 0.29) is 33.7 Å². The highest BCUT2D eigenvalue weighted by Crippen LogP contribution is 2.44. The number of nitrogens with zero attached hydrogens (tertiary/aromatic N) is 1. The van der Waals surface area contributed by atoms with Crippen molar-refractivity contribution in [1.82, 2.24) is 14.9 Å². The molecule has 1 aromatic heterocycles. The predicted molar refractivity (Wildman–Crippen MR) is 128 cm³/mol. The molecule has 0 bridgehead atoms. The Hall–Kier alpha value is -2.44. The minimum atomic E-state index is -4.36. The van der Waals surface area contributed by atoms with Gasteiger partial charge in [-0.2, -0.15) is 4.72 Å². The summed E-state index contributed by atoms with van der Waals surface area (Å²) in [5.41, 5.74) is 6.36. The van der Waals surface area contributed by atoms with Crippen molar-refractivity contribution in [2.45, 2.75) is 49.6 Å². The molecule has 188 valence electrons. The standard InChI is InChI=1S/C22H23Cl2FN4O5S/c1-10-12(23)4-6-14(25)16(10)11(2)18(20-27-28-21(30)34-20)29-35(31,32)15-7-5-13(24)17-19(15)33-9-8-22(17,3)26/h4-7,11,18,29H,8-9,26H2,1-3H3,(H,28,30)/t11-,18+,22-/m1/s1. The zero-order valence-corrected chi connectivity index (χ0v) is 21.3.